The van der Waals surface area contributed by atoms with Gasteiger partial charge in [0.15, 0.2) is 5.70 Å². The SMILES string of the molecule is CN(C)S(=O)(=O)c1cccc(C2=N/C(=C/c3ccc(F)cc3F)C(=O)O2)c1. The largest absolute Gasteiger partial charge is 0.402 e. The maximum atomic E-state index is 13.8. The van der Waals surface area contributed by atoms with Crippen LogP contribution in [0.3, 0.4) is 0 Å². The Bertz CT molecular complexity index is 1090. The second kappa shape index (κ2) is 7.01. The Labute approximate surface area is 154 Å². The molecule has 2 aromatic rings. The predicted molar refractivity (Wildman–Crippen MR) is 94.3 cm³/mol. The lowest BCUT2D eigenvalue weighted by Crippen LogP contribution is -2.22. The summed E-state index contributed by atoms with van der Waals surface area (Å²) in [6.45, 7) is 0. The second-order valence-corrected chi connectivity index (χ2v) is 7.97. The van der Waals surface area contributed by atoms with Gasteiger partial charge in [0.05, 0.1) is 4.90 Å². The normalized spacial score (nSPS) is 16.0. The maximum Gasteiger partial charge on any atom is 0.363 e. The minimum Gasteiger partial charge on any atom is -0.402 e. The highest BCUT2D eigenvalue weighted by Crippen LogP contribution is 2.22. The number of hydrogen-bond acceptors (Lipinski definition) is 5. The van der Waals surface area contributed by atoms with Crippen LogP contribution in [0.1, 0.15) is 11.1 Å². The third kappa shape index (κ3) is 3.79. The van der Waals surface area contributed by atoms with Crippen LogP contribution in [0, 0.1) is 11.6 Å². The van der Waals surface area contributed by atoms with Crippen LogP contribution in [0.25, 0.3) is 6.08 Å². The molecular weight excluding hydrogens is 378 g/mol. The molecule has 0 saturated carbocycles. The van der Waals surface area contributed by atoms with Gasteiger partial charge >= 0.3 is 5.97 Å². The van der Waals surface area contributed by atoms with Crippen molar-refractivity contribution in [3.63, 3.8) is 0 Å². The molecule has 1 aliphatic heterocycles. The molecule has 3 rings (SSSR count). The summed E-state index contributed by atoms with van der Waals surface area (Å²) in [5.74, 6) is -2.52. The second-order valence-electron chi connectivity index (χ2n) is 5.82. The highest BCUT2D eigenvalue weighted by molar-refractivity contribution is 7.89. The van der Waals surface area contributed by atoms with Crippen molar-refractivity contribution in [3.8, 4) is 0 Å². The average Bonchev–Trinajstić information content (AvgIpc) is 2.98. The molecule has 0 aromatic heterocycles. The van der Waals surface area contributed by atoms with Crippen LogP contribution in [0.5, 0.6) is 0 Å². The van der Waals surface area contributed by atoms with Crippen molar-refractivity contribution in [2.75, 3.05) is 14.1 Å². The van der Waals surface area contributed by atoms with Gasteiger partial charge in [0, 0.05) is 31.3 Å². The molecule has 0 spiro atoms. The standard InChI is InChI=1S/C18H14F2N2O4S/c1-22(2)27(24,25)14-5-3-4-12(8-14)17-21-16(18(23)26-17)9-11-6-7-13(19)10-15(11)20/h3-10H,1-2H3/b16-9+. The number of halogens is 2. The van der Waals surface area contributed by atoms with Crippen molar-refractivity contribution in [2.24, 2.45) is 4.99 Å². The maximum absolute atomic E-state index is 13.8. The number of rotatable bonds is 4. The van der Waals surface area contributed by atoms with Crippen LogP contribution >= 0.6 is 0 Å². The molecule has 140 valence electrons. The number of carbonyl (C=O) groups excluding carboxylic acids is 1. The van der Waals surface area contributed by atoms with Crippen molar-refractivity contribution in [3.05, 3.63) is 70.9 Å². The van der Waals surface area contributed by atoms with E-state index in [9.17, 15) is 22.0 Å². The Morgan fingerprint density at radius 3 is 2.52 bits per heavy atom. The van der Waals surface area contributed by atoms with E-state index in [0.717, 1.165) is 16.4 Å². The van der Waals surface area contributed by atoms with Crippen LogP contribution < -0.4 is 0 Å². The third-order valence-electron chi connectivity index (χ3n) is 3.73. The third-order valence-corrected chi connectivity index (χ3v) is 5.55. The van der Waals surface area contributed by atoms with E-state index in [-0.39, 0.29) is 27.6 Å². The monoisotopic (exact) mass is 392 g/mol. The molecule has 0 atom stereocenters. The van der Waals surface area contributed by atoms with E-state index < -0.39 is 27.6 Å². The topological polar surface area (TPSA) is 76.0 Å². The van der Waals surface area contributed by atoms with Crippen LogP contribution in [0.2, 0.25) is 0 Å². The van der Waals surface area contributed by atoms with E-state index in [0.29, 0.717) is 6.07 Å². The van der Waals surface area contributed by atoms with Gasteiger partial charge in [-0.1, -0.05) is 6.07 Å². The number of esters is 1. The van der Waals surface area contributed by atoms with Crippen LogP contribution in [0.4, 0.5) is 8.78 Å². The summed E-state index contributed by atoms with van der Waals surface area (Å²) in [6.07, 6.45) is 1.13. The zero-order valence-electron chi connectivity index (χ0n) is 14.3. The van der Waals surface area contributed by atoms with Crippen LogP contribution in [0.15, 0.2) is 58.0 Å². The highest BCUT2D eigenvalue weighted by Gasteiger charge is 2.26. The lowest BCUT2D eigenvalue weighted by atomic mass is 10.2. The minimum atomic E-state index is -3.68. The molecule has 1 heterocycles. The molecule has 0 bridgehead atoms. The lowest BCUT2D eigenvalue weighted by molar-refractivity contribution is -0.129. The number of sulfonamides is 1. The van der Waals surface area contributed by atoms with E-state index >= 15 is 0 Å². The van der Waals surface area contributed by atoms with Crippen molar-refractivity contribution in [1.82, 2.24) is 4.31 Å². The molecule has 0 N–H and O–H groups in total. The molecule has 6 nitrogen and oxygen atoms in total. The number of ether oxygens (including phenoxy) is 1. The fourth-order valence-corrected chi connectivity index (χ4v) is 3.25. The van der Waals surface area contributed by atoms with Crippen molar-refractivity contribution < 1.29 is 26.7 Å². The summed E-state index contributed by atoms with van der Waals surface area (Å²) in [5.41, 5.74) is 0.0583. The highest BCUT2D eigenvalue weighted by atomic mass is 32.2. The van der Waals surface area contributed by atoms with Gasteiger partial charge in [-0.2, -0.15) is 0 Å². The van der Waals surface area contributed by atoms with Gasteiger partial charge in [-0.15, -0.1) is 0 Å². The van der Waals surface area contributed by atoms with E-state index in [1.807, 2.05) is 0 Å². The lowest BCUT2D eigenvalue weighted by Gasteiger charge is -2.11. The van der Waals surface area contributed by atoms with Crippen LogP contribution in [-0.4, -0.2) is 38.7 Å². The van der Waals surface area contributed by atoms with Crippen LogP contribution in [-0.2, 0) is 19.6 Å². The quantitative estimate of drug-likeness (QED) is 0.592. The predicted octanol–water partition coefficient (Wildman–Crippen LogP) is 2.56. The molecule has 0 saturated heterocycles. The summed E-state index contributed by atoms with van der Waals surface area (Å²) >= 11 is 0. The van der Waals surface area contributed by atoms with Gasteiger partial charge in [-0.3, -0.25) is 0 Å². The molecule has 0 aliphatic carbocycles. The summed E-state index contributed by atoms with van der Waals surface area (Å²) < 4.78 is 57.3. The minimum absolute atomic E-state index is 0.00533. The number of benzene rings is 2. The molecular formula is C18H14F2N2O4S. The Hall–Kier alpha value is -2.91. The van der Waals surface area contributed by atoms with Crippen molar-refractivity contribution in [2.45, 2.75) is 4.90 Å². The Kier molecular flexibility index (Phi) is 4.90. The zero-order valence-corrected chi connectivity index (χ0v) is 15.1. The first-order valence-corrected chi connectivity index (χ1v) is 9.13. The van der Waals surface area contributed by atoms with Gasteiger partial charge in [-0.05, 0) is 36.4 Å². The van der Waals surface area contributed by atoms with E-state index in [1.165, 1.54) is 44.4 Å². The van der Waals surface area contributed by atoms with Gasteiger partial charge in [0.25, 0.3) is 0 Å². The Morgan fingerprint density at radius 2 is 1.85 bits per heavy atom. The number of hydrogen-bond donors (Lipinski definition) is 0. The summed E-state index contributed by atoms with van der Waals surface area (Å²) in [4.78, 5) is 16.0. The van der Waals surface area contributed by atoms with Gasteiger partial charge in [0.1, 0.15) is 11.6 Å². The molecule has 0 fully saturated rings. The molecule has 27 heavy (non-hydrogen) atoms. The number of nitrogens with zero attached hydrogens (tertiary/aromatic N) is 2. The summed E-state index contributed by atoms with van der Waals surface area (Å²) in [6, 6.07) is 8.65. The first kappa shape index (κ1) is 18.9. The van der Waals surface area contributed by atoms with E-state index in [1.54, 1.807) is 0 Å². The Balaban J connectivity index is 1.99. The first-order chi connectivity index (χ1) is 12.7. The molecule has 0 amide bonds. The fourth-order valence-electron chi connectivity index (χ4n) is 2.30. The summed E-state index contributed by atoms with van der Waals surface area (Å²) in [5, 5.41) is 0. The zero-order chi connectivity index (χ0) is 19.8. The number of aliphatic imine (C=N–C) groups is 1. The molecule has 0 radical (unpaired) electrons. The molecule has 1 aliphatic rings. The van der Waals surface area contributed by atoms with Gasteiger partial charge < -0.3 is 4.74 Å². The smallest absolute Gasteiger partial charge is 0.363 e. The Morgan fingerprint density at radius 1 is 1.11 bits per heavy atom. The summed E-state index contributed by atoms with van der Waals surface area (Å²) in [7, 11) is -0.884. The van der Waals surface area contributed by atoms with Crippen molar-refractivity contribution in [1.29, 1.82) is 0 Å². The molecule has 9 heteroatoms. The van der Waals surface area contributed by atoms with Crippen molar-refractivity contribution >= 4 is 28.0 Å². The molecule has 0 unspecified atom stereocenters. The average molecular weight is 392 g/mol. The van der Waals surface area contributed by atoms with E-state index in [4.69, 9.17) is 4.74 Å². The number of cyclic esters (lactones) is 1. The van der Waals surface area contributed by atoms with E-state index in [2.05, 4.69) is 4.99 Å². The number of carbonyl (C=O) groups is 1. The van der Waals surface area contributed by atoms with Gasteiger partial charge in [-0.25, -0.2) is 31.3 Å². The fraction of sp³-hybridized carbons (Fsp3) is 0.111. The first-order valence-electron chi connectivity index (χ1n) is 7.69. The molecule has 2 aromatic carbocycles. The van der Waals surface area contributed by atoms with Gasteiger partial charge in [0.2, 0.25) is 15.9 Å².